The van der Waals surface area contributed by atoms with Gasteiger partial charge in [-0.15, -0.1) is 10.1 Å². The van der Waals surface area contributed by atoms with E-state index in [1.807, 2.05) is 0 Å². The van der Waals surface area contributed by atoms with Crippen molar-refractivity contribution in [2.75, 3.05) is 6.61 Å². The molecule has 0 aliphatic rings. The van der Waals surface area contributed by atoms with Crippen LogP contribution in [0.15, 0.2) is 13.6 Å². The van der Waals surface area contributed by atoms with Crippen LogP contribution in [-0.4, -0.2) is 11.7 Å². The van der Waals surface area contributed by atoms with Crippen LogP contribution in [0, 0.1) is 15.5 Å². The van der Waals surface area contributed by atoms with Gasteiger partial charge < -0.3 is 13.7 Å². The van der Waals surface area contributed by atoms with Crippen LogP contribution in [0.5, 0.6) is 0 Å². The zero-order valence-electron chi connectivity index (χ0n) is 12.1. The minimum atomic E-state index is -0.795. The number of unbranched alkanes of at least 4 members (excludes halogenated alkanes) is 2. The van der Waals surface area contributed by atoms with Crippen molar-refractivity contribution in [1.82, 2.24) is 0 Å². The Morgan fingerprint density at radius 3 is 2.40 bits per heavy atom. The van der Waals surface area contributed by atoms with E-state index in [2.05, 4.69) is 25.6 Å². The van der Waals surface area contributed by atoms with Gasteiger partial charge in [-0.2, -0.15) is 0 Å². The van der Waals surface area contributed by atoms with E-state index < -0.39 is 10.9 Å². The maximum atomic E-state index is 11.2. The van der Waals surface area contributed by atoms with E-state index in [1.165, 1.54) is 0 Å². The summed E-state index contributed by atoms with van der Waals surface area (Å²) in [6.07, 6.45) is 3.35. The van der Waals surface area contributed by atoms with E-state index >= 15 is 0 Å². The van der Waals surface area contributed by atoms with Gasteiger partial charge in [-0.3, -0.25) is 0 Å². The van der Waals surface area contributed by atoms with Crippen molar-refractivity contribution in [2.24, 2.45) is 5.41 Å². The standard InChI is InChI=1S/C13H21NO6/c1-13(2,3)9-11-10(19-12(15)20-11)7-5-4-6-8-18-14(16)17/h4-9H2,1-3H3. The average Bonchev–Trinajstić information content (AvgIpc) is 2.61. The van der Waals surface area contributed by atoms with Crippen molar-refractivity contribution in [1.29, 1.82) is 0 Å². The molecule has 0 atom stereocenters. The lowest BCUT2D eigenvalue weighted by molar-refractivity contribution is -0.757. The molecule has 7 nitrogen and oxygen atoms in total. The third-order valence-electron chi connectivity index (χ3n) is 2.66. The molecule has 1 heterocycles. The highest BCUT2D eigenvalue weighted by atomic mass is 16.9. The molecule has 0 unspecified atom stereocenters. The molecule has 0 radical (unpaired) electrons. The van der Waals surface area contributed by atoms with Gasteiger partial charge in [0.2, 0.25) is 0 Å². The van der Waals surface area contributed by atoms with Gasteiger partial charge in [0.05, 0.1) is 6.61 Å². The summed E-state index contributed by atoms with van der Waals surface area (Å²) in [6, 6.07) is 0. The van der Waals surface area contributed by atoms with Gasteiger partial charge in [0.25, 0.3) is 5.09 Å². The van der Waals surface area contributed by atoms with E-state index in [9.17, 15) is 14.9 Å². The van der Waals surface area contributed by atoms with Crippen LogP contribution in [0.4, 0.5) is 0 Å². The number of nitrogens with zero attached hydrogens (tertiary/aromatic N) is 1. The van der Waals surface area contributed by atoms with Crippen LogP contribution in [0.1, 0.15) is 51.6 Å². The molecule has 0 aromatic carbocycles. The SMILES string of the molecule is CC(C)(C)Cc1oc(=O)oc1CCCCCO[N+](=O)[O-]. The van der Waals surface area contributed by atoms with Gasteiger partial charge in [-0.1, -0.05) is 27.2 Å². The number of hydrogen-bond acceptors (Lipinski definition) is 6. The molecule has 20 heavy (non-hydrogen) atoms. The summed E-state index contributed by atoms with van der Waals surface area (Å²) < 4.78 is 10.1. The van der Waals surface area contributed by atoms with Gasteiger partial charge in [-0.25, -0.2) is 4.79 Å². The Labute approximate surface area is 117 Å². The van der Waals surface area contributed by atoms with E-state index in [1.54, 1.807) is 0 Å². The third kappa shape index (κ3) is 6.40. The molecule has 1 rings (SSSR count). The van der Waals surface area contributed by atoms with E-state index in [0.29, 0.717) is 30.8 Å². The molecule has 0 bridgehead atoms. The smallest absolute Gasteiger partial charge is 0.396 e. The van der Waals surface area contributed by atoms with Crippen LogP contribution in [-0.2, 0) is 17.7 Å². The first kappa shape index (κ1) is 16.3. The summed E-state index contributed by atoms with van der Waals surface area (Å²) in [5, 5.41) is 9.16. The second-order valence-corrected chi connectivity index (χ2v) is 5.91. The summed E-state index contributed by atoms with van der Waals surface area (Å²) in [5.41, 5.74) is 0.00805. The van der Waals surface area contributed by atoms with Crippen molar-refractivity contribution in [3.63, 3.8) is 0 Å². The molecule has 114 valence electrons. The Morgan fingerprint density at radius 1 is 1.15 bits per heavy atom. The number of hydrogen-bond donors (Lipinski definition) is 0. The number of aryl methyl sites for hydroxylation is 1. The molecule has 0 N–H and O–H groups in total. The summed E-state index contributed by atoms with van der Waals surface area (Å²) in [4.78, 5) is 25.4. The lowest BCUT2D eigenvalue weighted by Gasteiger charge is -2.15. The Balaban J connectivity index is 2.40. The molecule has 0 amide bonds. The highest BCUT2D eigenvalue weighted by Crippen LogP contribution is 2.23. The second-order valence-electron chi connectivity index (χ2n) is 5.91. The predicted octanol–water partition coefficient (Wildman–Crippen LogP) is 2.74. The zero-order valence-corrected chi connectivity index (χ0v) is 12.1. The lowest BCUT2D eigenvalue weighted by Crippen LogP contribution is -2.10. The van der Waals surface area contributed by atoms with Crippen molar-refractivity contribution in [3.8, 4) is 0 Å². The average molecular weight is 287 g/mol. The minimum Gasteiger partial charge on any atom is -0.396 e. The molecule has 0 aliphatic carbocycles. The molecule has 0 saturated carbocycles. The van der Waals surface area contributed by atoms with Crippen molar-refractivity contribution < 1.29 is 18.8 Å². The second kappa shape index (κ2) is 7.12. The van der Waals surface area contributed by atoms with Crippen LogP contribution in [0.2, 0.25) is 0 Å². The summed E-state index contributed by atoms with van der Waals surface area (Å²) >= 11 is 0. The fourth-order valence-corrected chi connectivity index (χ4v) is 1.85. The quantitative estimate of drug-likeness (QED) is 0.414. The molecule has 0 fully saturated rings. The van der Waals surface area contributed by atoms with Gasteiger partial charge in [-0.05, 0) is 18.3 Å². The van der Waals surface area contributed by atoms with Crippen molar-refractivity contribution in [3.05, 3.63) is 32.3 Å². The summed E-state index contributed by atoms with van der Waals surface area (Å²) in [5.74, 6) is 0.514. The van der Waals surface area contributed by atoms with Crippen LogP contribution >= 0.6 is 0 Å². The third-order valence-corrected chi connectivity index (χ3v) is 2.66. The first-order valence-electron chi connectivity index (χ1n) is 6.67. The Bertz CT molecular complexity index is 482. The van der Waals surface area contributed by atoms with Crippen molar-refractivity contribution >= 4 is 0 Å². The first-order valence-corrected chi connectivity index (χ1v) is 6.67. The highest BCUT2D eigenvalue weighted by Gasteiger charge is 2.19. The van der Waals surface area contributed by atoms with Gasteiger partial charge in [0.1, 0.15) is 5.76 Å². The molecular weight excluding hydrogens is 266 g/mol. The molecule has 7 heteroatoms. The Morgan fingerprint density at radius 2 is 1.80 bits per heavy atom. The monoisotopic (exact) mass is 287 g/mol. The van der Waals surface area contributed by atoms with Crippen LogP contribution < -0.4 is 5.82 Å². The summed E-state index contributed by atoms with van der Waals surface area (Å²) in [6.45, 7) is 6.26. The van der Waals surface area contributed by atoms with Gasteiger partial charge in [0.15, 0.2) is 5.76 Å². The molecule has 0 saturated heterocycles. The molecule has 1 aromatic heterocycles. The van der Waals surface area contributed by atoms with Gasteiger partial charge in [0, 0.05) is 12.8 Å². The Kier molecular flexibility index (Phi) is 5.79. The van der Waals surface area contributed by atoms with Crippen LogP contribution in [0.25, 0.3) is 0 Å². The lowest BCUT2D eigenvalue weighted by atomic mass is 9.90. The zero-order chi connectivity index (χ0) is 15.2. The fourth-order valence-electron chi connectivity index (χ4n) is 1.85. The molecule has 0 spiro atoms. The molecular formula is C13H21NO6. The molecule has 0 aliphatic heterocycles. The normalized spacial score (nSPS) is 11.6. The van der Waals surface area contributed by atoms with E-state index in [0.717, 1.165) is 12.8 Å². The first-order chi connectivity index (χ1) is 9.28. The van der Waals surface area contributed by atoms with Gasteiger partial charge >= 0.3 is 5.82 Å². The Hall–Kier alpha value is -1.79. The summed E-state index contributed by atoms with van der Waals surface area (Å²) in [7, 11) is 0. The largest absolute Gasteiger partial charge is 0.519 e. The fraction of sp³-hybridized carbons (Fsp3) is 0.769. The maximum Gasteiger partial charge on any atom is 0.519 e. The van der Waals surface area contributed by atoms with Crippen LogP contribution in [0.3, 0.4) is 0 Å². The van der Waals surface area contributed by atoms with E-state index in [-0.39, 0.29) is 12.0 Å². The predicted molar refractivity (Wildman–Crippen MR) is 70.9 cm³/mol. The topological polar surface area (TPSA) is 95.7 Å². The highest BCUT2D eigenvalue weighted by molar-refractivity contribution is 5.05. The number of rotatable bonds is 8. The van der Waals surface area contributed by atoms with Crippen molar-refractivity contribution in [2.45, 2.75) is 52.9 Å². The minimum absolute atomic E-state index is 0.00805. The maximum absolute atomic E-state index is 11.2. The molecule has 1 aromatic rings. The van der Waals surface area contributed by atoms with E-state index in [4.69, 9.17) is 8.83 Å².